The molecular formula is C12H13FN2S. The predicted octanol–water partition coefficient (Wildman–Crippen LogP) is 2.88. The minimum Gasteiger partial charge on any atom is -0.306 e. The maximum absolute atomic E-state index is 13.3. The van der Waals surface area contributed by atoms with E-state index in [9.17, 15) is 4.39 Å². The number of halogens is 1. The number of aryl methyl sites for hydroxylation is 1. The molecule has 4 heteroatoms. The molecule has 2 rings (SSSR count). The van der Waals surface area contributed by atoms with Gasteiger partial charge in [0.05, 0.1) is 0 Å². The van der Waals surface area contributed by atoms with Crippen LogP contribution < -0.4 is 5.32 Å². The standard InChI is InChI=1S/C12H13FN2S/c1-9-8-16-12(15-9)7-14-6-10-4-2-3-5-11(10)13/h2-5,8,14H,6-7H2,1H3. The SMILES string of the molecule is Cc1csc(CNCc2ccccc2F)n1. The average molecular weight is 236 g/mol. The highest BCUT2D eigenvalue weighted by atomic mass is 32.1. The van der Waals surface area contributed by atoms with Gasteiger partial charge in [-0.25, -0.2) is 9.37 Å². The molecule has 0 spiro atoms. The molecule has 2 nitrogen and oxygen atoms in total. The van der Waals surface area contributed by atoms with Crippen LogP contribution in [0.5, 0.6) is 0 Å². The molecule has 0 unspecified atom stereocenters. The van der Waals surface area contributed by atoms with Gasteiger partial charge in [-0.05, 0) is 13.0 Å². The molecule has 0 amide bonds. The number of hydrogen-bond donors (Lipinski definition) is 1. The van der Waals surface area contributed by atoms with E-state index in [0.717, 1.165) is 10.7 Å². The Kier molecular flexibility index (Phi) is 3.64. The van der Waals surface area contributed by atoms with Crippen molar-refractivity contribution in [1.82, 2.24) is 10.3 Å². The van der Waals surface area contributed by atoms with Crippen molar-refractivity contribution >= 4 is 11.3 Å². The van der Waals surface area contributed by atoms with E-state index in [-0.39, 0.29) is 5.82 Å². The van der Waals surface area contributed by atoms with Crippen molar-refractivity contribution in [1.29, 1.82) is 0 Å². The van der Waals surface area contributed by atoms with Gasteiger partial charge in [0.2, 0.25) is 0 Å². The van der Waals surface area contributed by atoms with Crippen LogP contribution in [-0.4, -0.2) is 4.98 Å². The summed E-state index contributed by atoms with van der Waals surface area (Å²) in [6, 6.07) is 6.80. The van der Waals surface area contributed by atoms with E-state index in [1.807, 2.05) is 18.4 Å². The van der Waals surface area contributed by atoms with Crippen LogP contribution in [0.2, 0.25) is 0 Å². The first-order valence-electron chi connectivity index (χ1n) is 5.11. The molecule has 16 heavy (non-hydrogen) atoms. The van der Waals surface area contributed by atoms with Gasteiger partial charge < -0.3 is 5.32 Å². The highest BCUT2D eigenvalue weighted by Crippen LogP contribution is 2.09. The van der Waals surface area contributed by atoms with E-state index >= 15 is 0 Å². The van der Waals surface area contributed by atoms with Crippen molar-refractivity contribution in [3.05, 3.63) is 51.7 Å². The molecular weight excluding hydrogens is 223 g/mol. The minimum absolute atomic E-state index is 0.162. The first-order valence-corrected chi connectivity index (χ1v) is 5.99. The monoisotopic (exact) mass is 236 g/mol. The molecule has 1 aromatic carbocycles. The molecule has 0 aliphatic carbocycles. The van der Waals surface area contributed by atoms with Gasteiger partial charge in [0, 0.05) is 29.7 Å². The molecule has 0 aliphatic rings. The van der Waals surface area contributed by atoms with E-state index in [1.54, 1.807) is 23.5 Å². The van der Waals surface area contributed by atoms with Crippen LogP contribution in [0.1, 0.15) is 16.3 Å². The Morgan fingerprint density at radius 1 is 1.31 bits per heavy atom. The van der Waals surface area contributed by atoms with Crippen molar-refractivity contribution in [2.24, 2.45) is 0 Å². The van der Waals surface area contributed by atoms with Crippen LogP contribution in [-0.2, 0) is 13.1 Å². The molecule has 0 bridgehead atoms. The zero-order valence-electron chi connectivity index (χ0n) is 9.03. The molecule has 0 radical (unpaired) electrons. The van der Waals surface area contributed by atoms with Crippen molar-refractivity contribution in [3.63, 3.8) is 0 Å². The largest absolute Gasteiger partial charge is 0.306 e. The Labute approximate surface area is 98.2 Å². The molecule has 0 atom stereocenters. The van der Waals surface area contributed by atoms with Gasteiger partial charge >= 0.3 is 0 Å². The first-order chi connectivity index (χ1) is 7.75. The number of nitrogens with one attached hydrogen (secondary N) is 1. The molecule has 1 N–H and O–H groups in total. The number of benzene rings is 1. The molecule has 0 saturated carbocycles. The number of rotatable bonds is 4. The van der Waals surface area contributed by atoms with Crippen molar-refractivity contribution in [2.75, 3.05) is 0 Å². The number of nitrogens with zero attached hydrogens (tertiary/aromatic N) is 1. The van der Waals surface area contributed by atoms with E-state index in [4.69, 9.17) is 0 Å². The number of hydrogen-bond acceptors (Lipinski definition) is 3. The lowest BCUT2D eigenvalue weighted by molar-refractivity contribution is 0.587. The zero-order chi connectivity index (χ0) is 11.4. The smallest absolute Gasteiger partial charge is 0.127 e. The van der Waals surface area contributed by atoms with Crippen LogP contribution in [0.25, 0.3) is 0 Å². The van der Waals surface area contributed by atoms with Crippen molar-refractivity contribution in [3.8, 4) is 0 Å². The van der Waals surface area contributed by atoms with Gasteiger partial charge in [-0.2, -0.15) is 0 Å². The third-order valence-corrected chi connectivity index (χ3v) is 3.18. The topological polar surface area (TPSA) is 24.9 Å². The second-order valence-electron chi connectivity index (χ2n) is 3.58. The molecule has 0 aliphatic heterocycles. The Hall–Kier alpha value is -1.26. The highest BCUT2D eigenvalue weighted by molar-refractivity contribution is 7.09. The molecule has 0 fully saturated rings. The molecule has 0 saturated heterocycles. The zero-order valence-corrected chi connectivity index (χ0v) is 9.85. The van der Waals surface area contributed by atoms with Crippen LogP contribution >= 0.6 is 11.3 Å². The third kappa shape index (κ3) is 2.87. The Bertz CT molecular complexity index is 468. The predicted molar refractivity (Wildman–Crippen MR) is 63.8 cm³/mol. The summed E-state index contributed by atoms with van der Waals surface area (Å²) in [5, 5.41) is 6.23. The molecule has 84 valence electrons. The Morgan fingerprint density at radius 3 is 2.81 bits per heavy atom. The van der Waals surface area contributed by atoms with Gasteiger partial charge in [-0.3, -0.25) is 0 Å². The molecule has 1 aromatic heterocycles. The minimum atomic E-state index is -0.162. The fourth-order valence-corrected chi connectivity index (χ4v) is 2.17. The fraction of sp³-hybridized carbons (Fsp3) is 0.250. The normalized spacial score (nSPS) is 10.6. The maximum atomic E-state index is 13.3. The van der Waals surface area contributed by atoms with Gasteiger partial charge in [0.15, 0.2) is 0 Å². The van der Waals surface area contributed by atoms with E-state index in [1.165, 1.54) is 6.07 Å². The van der Waals surface area contributed by atoms with E-state index < -0.39 is 0 Å². The van der Waals surface area contributed by atoms with Crippen LogP contribution in [0.4, 0.5) is 4.39 Å². The van der Waals surface area contributed by atoms with E-state index in [0.29, 0.717) is 18.7 Å². The van der Waals surface area contributed by atoms with Gasteiger partial charge in [-0.15, -0.1) is 11.3 Å². The van der Waals surface area contributed by atoms with Crippen molar-refractivity contribution in [2.45, 2.75) is 20.0 Å². The maximum Gasteiger partial charge on any atom is 0.127 e. The molecule has 2 aromatic rings. The van der Waals surface area contributed by atoms with Crippen LogP contribution in [0, 0.1) is 12.7 Å². The van der Waals surface area contributed by atoms with Gasteiger partial charge in [-0.1, -0.05) is 18.2 Å². The Morgan fingerprint density at radius 2 is 2.12 bits per heavy atom. The summed E-state index contributed by atoms with van der Waals surface area (Å²) >= 11 is 1.62. The summed E-state index contributed by atoms with van der Waals surface area (Å²) in [4.78, 5) is 4.33. The second kappa shape index (κ2) is 5.18. The Balaban J connectivity index is 1.87. The summed E-state index contributed by atoms with van der Waals surface area (Å²) in [5.41, 5.74) is 1.73. The summed E-state index contributed by atoms with van der Waals surface area (Å²) in [6.07, 6.45) is 0. The third-order valence-electron chi connectivity index (χ3n) is 2.22. The number of aromatic nitrogens is 1. The quantitative estimate of drug-likeness (QED) is 0.883. The van der Waals surface area contributed by atoms with Crippen molar-refractivity contribution < 1.29 is 4.39 Å². The summed E-state index contributed by atoms with van der Waals surface area (Å²) in [6.45, 7) is 3.19. The van der Waals surface area contributed by atoms with Crippen LogP contribution in [0.15, 0.2) is 29.6 Å². The lowest BCUT2D eigenvalue weighted by Crippen LogP contribution is -2.13. The summed E-state index contributed by atoms with van der Waals surface area (Å²) < 4.78 is 13.3. The van der Waals surface area contributed by atoms with Gasteiger partial charge in [0.1, 0.15) is 10.8 Å². The first kappa shape index (κ1) is 11.2. The number of thiazole rings is 1. The summed E-state index contributed by atoms with van der Waals surface area (Å²) in [5.74, 6) is -0.162. The van der Waals surface area contributed by atoms with E-state index in [2.05, 4.69) is 10.3 Å². The average Bonchev–Trinajstić information content (AvgIpc) is 2.67. The lowest BCUT2D eigenvalue weighted by atomic mass is 10.2. The fourth-order valence-electron chi connectivity index (χ4n) is 1.43. The summed E-state index contributed by atoms with van der Waals surface area (Å²) in [7, 11) is 0. The van der Waals surface area contributed by atoms with Gasteiger partial charge in [0.25, 0.3) is 0 Å². The second-order valence-corrected chi connectivity index (χ2v) is 4.52. The molecule has 1 heterocycles. The lowest BCUT2D eigenvalue weighted by Gasteiger charge is -2.03. The highest BCUT2D eigenvalue weighted by Gasteiger charge is 2.01. The van der Waals surface area contributed by atoms with Crippen LogP contribution in [0.3, 0.4) is 0 Å².